The third-order valence-corrected chi connectivity index (χ3v) is 4.37. The maximum atomic E-state index is 14.0. The van der Waals surface area contributed by atoms with E-state index in [1.54, 1.807) is 19.9 Å². The maximum Gasteiger partial charge on any atom is 0.296 e. The van der Waals surface area contributed by atoms with Crippen LogP contribution in [0.3, 0.4) is 0 Å². The van der Waals surface area contributed by atoms with Crippen LogP contribution in [-0.2, 0) is 9.05 Å². The zero-order valence-electron chi connectivity index (χ0n) is 10.5. The highest BCUT2D eigenvalue weighted by molar-refractivity contribution is 9.10. The summed E-state index contributed by atoms with van der Waals surface area (Å²) in [6.45, 7) is 3.46. The van der Waals surface area contributed by atoms with Gasteiger partial charge >= 0.3 is 0 Å². The van der Waals surface area contributed by atoms with E-state index in [9.17, 15) is 12.8 Å². The fraction of sp³-hybridized carbons (Fsp3) is 0.273. The predicted octanol–water partition coefficient (Wildman–Crippen LogP) is 3.36. The van der Waals surface area contributed by atoms with Crippen LogP contribution in [0.1, 0.15) is 19.9 Å². The third kappa shape index (κ3) is 2.72. The molecule has 20 heavy (non-hydrogen) atoms. The van der Waals surface area contributed by atoms with E-state index < -0.39 is 20.0 Å². The lowest BCUT2D eigenvalue weighted by atomic mass is 10.2. The molecule has 2 rings (SSSR count). The third-order valence-electron chi connectivity index (χ3n) is 2.59. The molecule has 0 N–H and O–H groups in total. The molecule has 0 unspecified atom stereocenters. The van der Waals surface area contributed by atoms with Gasteiger partial charge in [-0.15, -0.1) is 10.2 Å². The van der Waals surface area contributed by atoms with Crippen LogP contribution in [-0.4, -0.2) is 23.2 Å². The molecule has 1 heterocycles. The van der Waals surface area contributed by atoms with E-state index in [1.807, 2.05) is 0 Å². The Morgan fingerprint density at radius 3 is 2.50 bits per heavy atom. The lowest BCUT2D eigenvalue weighted by Crippen LogP contribution is -2.10. The number of benzene rings is 1. The van der Waals surface area contributed by atoms with Gasteiger partial charge in [-0.1, -0.05) is 6.07 Å². The molecule has 0 bridgehead atoms. The predicted molar refractivity (Wildman–Crippen MR) is 76.5 cm³/mol. The van der Waals surface area contributed by atoms with Crippen molar-refractivity contribution >= 4 is 35.7 Å². The van der Waals surface area contributed by atoms with Gasteiger partial charge in [0, 0.05) is 21.2 Å². The maximum absolute atomic E-state index is 14.0. The summed E-state index contributed by atoms with van der Waals surface area (Å²) in [5.74, 6) is -0.434. The van der Waals surface area contributed by atoms with Crippen molar-refractivity contribution in [1.29, 1.82) is 0 Å². The topological polar surface area (TPSA) is 64.8 Å². The number of aromatic nitrogens is 3. The summed E-state index contributed by atoms with van der Waals surface area (Å²) < 4.78 is 38.7. The summed E-state index contributed by atoms with van der Waals surface area (Å²) >= 11 is 3.22. The average Bonchev–Trinajstić information content (AvgIpc) is 2.73. The molecule has 0 spiro atoms. The fourth-order valence-electron chi connectivity index (χ4n) is 1.79. The van der Waals surface area contributed by atoms with E-state index >= 15 is 0 Å². The van der Waals surface area contributed by atoms with Crippen LogP contribution in [0.4, 0.5) is 4.39 Å². The number of halogens is 3. The molecule has 0 amide bonds. The smallest absolute Gasteiger partial charge is 0.294 e. The zero-order chi connectivity index (χ0) is 15.1. The minimum absolute atomic E-state index is 0.101. The lowest BCUT2D eigenvalue weighted by molar-refractivity contribution is 0.528. The summed E-state index contributed by atoms with van der Waals surface area (Å²) in [6.07, 6.45) is 0. The van der Waals surface area contributed by atoms with Crippen molar-refractivity contribution in [3.8, 4) is 11.4 Å². The van der Waals surface area contributed by atoms with Gasteiger partial charge in [0.25, 0.3) is 14.2 Å². The van der Waals surface area contributed by atoms with Gasteiger partial charge in [-0.25, -0.2) is 12.8 Å². The molecule has 5 nitrogen and oxygen atoms in total. The van der Waals surface area contributed by atoms with Crippen LogP contribution >= 0.6 is 26.6 Å². The summed E-state index contributed by atoms with van der Waals surface area (Å²) in [6, 6.07) is 4.11. The number of nitrogens with zero attached hydrogens (tertiary/aromatic N) is 3. The van der Waals surface area contributed by atoms with Crippen LogP contribution in [0.25, 0.3) is 11.4 Å². The Morgan fingerprint density at radius 1 is 1.35 bits per heavy atom. The minimum Gasteiger partial charge on any atom is -0.294 e. The number of hydrogen-bond acceptors (Lipinski definition) is 4. The zero-order valence-corrected chi connectivity index (χ0v) is 13.7. The van der Waals surface area contributed by atoms with Crippen molar-refractivity contribution in [3.63, 3.8) is 0 Å². The van der Waals surface area contributed by atoms with Crippen LogP contribution in [0.15, 0.2) is 27.8 Å². The Labute approximate surface area is 128 Å². The Bertz CT molecular complexity index is 741. The van der Waals surface area contributed by atoms with Crippen LogP contribution in [0.2, 0.25) is 0 Å². The van der Waals surface area contributed by atoms with Crippen molar-refractivity contribution < 1.29 is 12.8 Å². The van der Waals surface area contributed by atoms with Gasteiger partial charge in [0.2, 0.25) is 0 Å². The van der Waals surface area contributed by atoms with E-state index in [2.05, 4.69) is 26.1 Å². The Kier molecular flexibility index (Phi) is 4.17. The highest BCUT2D eigenvalue weighted by Crippen LogP contribution is 2.33. The van der Waals surface area contributed by atoms with E-state index in [0.29, 0.717) is 4.47 Å². The second-order valence-electron chi connectivity index (χ2n) is 4.30. The first kappa shape index (κ1) is 15.4. The first-order valence-corrected chi connectivity index (χ1v) is 8.67. The van der Waals surface area contributed by atoms with Gasteiger partial charge in [-0.3, -0.25) is 4.57 Å². The molecule has 0 saturated carbocycles. The molecule has 0 fully saturated rings. The molecule has 0 saturated heterocycles. The van der Waals surface area contributed by atoms with Crippen molar-refractivity contribution in [3.05, 3.63) is 28.5 Å². The monoisotopic (exact) mass is 381 g/mol. The summed E-state index contributed by atoms with van der Waals surface area (Å²) in [5.41, 5.74) is 0.139. The van der Waals surface area contributed by atoms with Crippen molar-refractivity contribution in [2.75, 3.05) is 0 Å². The molecular weight excluding hydrogens is 373 g/mol. The molecule has 1 aromatic carbocycles. The Hall–Kier alpha value is -0.990. The molecule has 0 aliphatic heterocycles. The van der Waals surface area contributed by atoms with Crippen LogP contribution in [0.5, 0.6) is 0 Å². The summed E-state index contributed by atoms with van der Waals surface area (Å²) in [5, 5.41) is 6.94. The molecule has 0 aliphatic carbocycles. The summed E-state index contributed by atoms with van der Waals surface area (Å²) in [7, 11) is 1.26. The normalized spacial score (nSPS) is 12.1. The largest absolute Gasteiger partial charge is 0.296 e. The molecular formula is C11H10BrClFN3O2S. The molecule has 2 aromatic rings. The van der Waals surface area contributed by atoms with E-state index in [0.717, 1.165) is 0 Å². The molecule has 9 heteroatoms. The van der Waals surface area contributed by atoms with Gasteiger partial charge in [0.1, 0.15) is 5.82 Å². The minimum atomic E-state index is -4.07. The molecule has 108 valence electrons. The average molecular weight is 383 g/mol. The second kappa shape index (κ2) is 5.42. The van der Waals surface area contributed by atoms with Crippen LogP contribution in [0, 0.1) is 5.82 Å². The van der Waals surface area contributed by atoms with Crippen molar-refractivity contribution in [2.24, 2.45) is 0 Å². The standard InChI is InChI=1S/C11H10BrClFN3O2S/c1-6(2)17-10(15-16-11(17)20(13,18)19)9-7(12)4-3-5-8(9)14/h3-6H,1-2H3. The SMILES string of the molecule is CC(C)n1c(-c2c(F)cccc2Br)nnc1S(=O)(=O)Cl. The van der Waals surface area contributed by atoms with E-state index in [4.69, 9.17) is 10.7 Å². The van der Waals surface area contributed by atoms with Gasteiger partial charge < -0.3 is 0 Å². The molecule has 0 radical (unpaired) electrons. The van der Waals surface area contributed by atoms with Gasteiger partial charge in [-0.05, 0) is 41.9 Å². The Balaban J connectivity index is 2.80. The second-order valence-corrected chi connectivity index (χ2v) is 7.62. The first-order valence-electron chi connectivity index (χ1n) is 5.57. The number of hydrogen-bond donors (Lipinski definition) is 0. The molecule has 0 atom stereocenters. The van der Waals surface area contributed by atoms with Crippen molar-refractivity contribution in [1.82, 2.24) is 14.8 Å². The number of rotatable bonds is 3. The lowest BCUT2D eigenvalue weighted by Gasteiger charge is -2.13. The molecule has 0 aliphatic rings. The van der Waals surface area contributed by atoms with E-state index in [1.165, 1.54) is 16.7 Å². The van der Waals surface area contributed by atoms with Gasteiger partial charge in [0.15, 0.2) is 5.82 Å². The van der Waals surface area contributed by atoms with Crippen LogP contribution < -0.4 is 0 Å². The highest BCUT2D eigenvalue weighted by Gasteiger charge is 2.27. The summed E-state index contributed by atoms with van der Waals surface area (Å²) in [4.78, 5) is 0. The Morgan fingerprint density at radius 2 is 2.00 bits per heavy atom. The first-order chi connectivity index (χ1) is 9.23. The molecule has 1 aromatic heterocycles. The van der Waals surface area contributed by atoms with Gasteiger partial charge in [-0.2, -0.15) is 0 Å². The van der Waals surface area contributed by atoms with Gasteiger partial charge in [0.05, 0.1) is 5.56 Å². The van der Waals surface area contributed by atoms with E-state index in [-0.39, 0.29) is 17.4 Å². The van der Waals surface area contributed by atoms with Crippen molar-refractivity contribution in [2.45, 2.75) is 25.0 Å². The highest BCUT2D eigenvalue weighted by atomic mass is 79.9. The fourth-order valence-corrected chi connectivity index (χ4v) is 3.30. The quantitative estimate of drug-likeness (QED) is 0.764.